The molecule has 2 aliphatic rings. The number of carboxylic acid groups (broad SMARTS) is 1. The minimum Gasteiger partial charge on any atom is -0.481 e. The summed E-state index contributed by atoms with van der Waals surface area (Å²) >= 11 is 0. The van der Waals surface area contributed by atoms with E-state index in [1.165, 1.54) is 0 Å². The molecule has 1 N–H and O–H groups in total. The topological polar surface area (TPSA) is 57.6 Å². The van der Waals surface area contributed by atoms with Gasteiger partial charge in [-0.2, -0.15) is 0 Å². The zero-order valence-corrected chi connectivity index (χ0v) is 11.7. The lowest BCUT2D eigenvalue weighted by molar-refractivity contribution is -0.154. The van der Waals surface area contributed by atoms with E-state index < -0.39 is 17.3 Å². The number of hydrogen-bond donors (Lipinski definition) is 1. The summed E-state index contributed by atoms with van der Waals surface area (Å²) < 4.78 is 26.2. The second-order valence-corrected chi connectivity index (χ2v) is 6.32. The van der Waals surface area contributed by atoms with Gasteiger partial charge in [-0.15, -0.1) is 0 Å². The van der Waals surface area contributed by atoms with Gasteiger partial charge in [-0.1, -0.05) is 0 Å². The van der Waals surface area contributed by atoms with Gasteiger partial charge in [-0.05, 0) is 32.6 Å². The standard InChI is InChI=1S/C14H21F2NO3/c1-13(12(19)20)6-8-17(9-7-13)11(18)10-2-4-14(15,16)5-3-10/h10H,2-9H2,1H3,(H,19,20). The van der Waals surface area contributed by atoms with Crippen molar-refractivity contribution in [2.24, 2.45) is 11.3 Å². The summed E-state index contributed by atoms with van der Waals surface area (Å²) in [6, 6.07) is 0. The summed E-state index contributed by atoms with van der Waals surface area (Å²) in [6.07, 6.45) is 0.888. The van der Waals surface area contributed by atoms with Crippen molar-refractivity contribution in [3.63, 3.8) is 0 Å². The normalized spacial score (nSPS) is 26.2. The number of likely N-dealkylation sites (tertiary alicyclic amines) is 1. The predicted molar refractivity (Wildman–Crippen MR) is 68.5 cm³/mol. The third-order valence-corrected chi connectivity index (χ3v) is 4.76. The third kappa shape index (κ3) is 3.10. The van der Waals surface area contributed by atoms with Crippen molar-refractivity contribution in [1.29, 1.82) is 0 Å². The number of halogens is 2. The maximum absolute atomic E-state index is 13.1. The molecule has 2 fully saturated rings. The highest BCUT2D eigenvalue weighted by Crippen LogP contribution is 2.38. The number of nitrogens with zero attached hydrogens (tertiary/aromatic N) is 1. The minimum absolute atomic E-state index is 0.0760. The molecule has 0 spiro atoms. The number of alkyl halides is 2. The number of amides is 1. The fourth-order valence-corrected chi connectivity index (χ4v) is 2.98. The van der Waals surface area contributed by atoms with Crippen molar-refractivity contribution in [1.82, 2.24) is 4.90 Å². The Balaban J connectivity index is 1.88. The molecule has 0 bridgehead atoms. The molecule has 0 unspecified atom stereocenters. The summed E-state index contributed by atoms with van der Waals surface area (Å²) in [4.78, 5) is 25.1. The molecule has 1 aliphatic carbocycles. The van der Waals surface area contributed by atoms with Gasteiger partial charge in [0.1, 0.15) is 0 Å². The van der Waals surface area contributed by atoms with Crippen LogP contribution in [-0.2, 0) is 9.59 Å². The SMILES string of the molecule is CC1(C(=O)O)CCN(C(=O)C2CCC(F)(F)CC2)CC1. The van der Waals surface area contributed by atoms with Crippen molar-refractivity contribution in [2.45, 2.75) is 51.4 Å². The van der Waals surface area contributed by atoms with Crippen molar-refractivity contribution in [3.05, 3.63) is 0 Å². The maximum atomic E-state index is 13.1. The molecule has 1 amide bonds. The largest absolute Gasteiger partial charge is 0.481 e. The summed E-state index contributed by atoms with van der Waals surface area (Å²) in [5.74, 6) is -3.85. The zero-order chi connectivity index (χ0) is 15.0. The van der Waals surface area contributed by atoms with E-state index in [1.54, 1.807) is 11.8 Å². The molecule has 0 aromatic heterocycles. The van der Waals surface area contributed by atoms with Crippen LogP contribution >= 0.6 is 0 Å². The van der Waals surface area contributed by atoms with E-state index >= 15 is 0 Å². The highest BCUT2D eigenvalue weighted by Gasteiger charge is 2.42. The highest BCUT2D eigenvalue weighted by atomic mass is 19.3. The Morgan fingerprint density at radius 3 is 2.05 bits per heavy atom. The molecule has 0 atom stereocenters. The average molecular weight is 289 g/mol. The van der Waals surface area contributed by atoms with Gasteiger partial charge in [0, 0.05) is 31.8 Å². The van der Waals surface area contributed by atoms with Crippen LogP contribution in [0.25, 0.3) is 0 Å². The van der Waals surface area contributed by atoms with Gasteiger partial charge in [-0.3, -0.25) is 9.59 Å². The first-order valence-corrected chi connectivity index (χ1v) is 7.14. The Morgan fingerprint density at radius 2 is 1.60 bits per heavy atom. The predicted octanol–water partition coefficient (Wildman–Crippen LogP) is 2.53. The Bertz CT molecular complexity index is 393. The number of carbonyl (C=O) groups is 2. The van der Waals surface area contributed by atoms with Crippen LogP contribution in [0.4, 0.5) is 8.78 Å². The molecule has 0 aromatic carbocycles. The quantitative estimate of drug-likeness (QED) is 0.850. The van der Waals surface area contributed by atoms with Gasteiger partial charge in [0.2, 0.25) is 11.8 Å². The molecule has 4 nitrogen and oxygen atoms in total. The van der Waals surface area contributed by atoms with E-state index in [-0.39, 0.29) is 37.5 Å². The van der Waals surface area contributed by atoms with Crippen LogP contribution in [0, 0.1) is 11.3 Å². The number of rotatable bonds is 2. The first kappa shape index (κ1) is 15.2. The summed E-state index contributed by atoms with van der Waals surface area (Å²) in [7, 11) is 0. The van der Waals surface area contributed by atoms with Crippen LogP contribution in [0.1, 0.15) is 45.4 Å². The lowest BCUT2D eigenvalue weighted by Gasteiger charge is -2.39. The summed E-state index contributed by atoms with van der Waals surface area (Å²) in [6.45, 7) is 2.52. The van der Waals surface area contributed by atoms with E-state index in [0.717, 1.165) is 0 Å². The first-order chi connectivity index (χ1) is 9.23. The Labute approximate surface area is 117 Å². The Kier molecular flexibility index (Phi) is 4.02. The van der Waals surface area contributed by atoms with Gasteiger partial charge in [0.15, 0.2) is 0 Å². The fourth-order valence-electron chi connectivity index (χ4n) is 2.98. The minimum atomic E-state index is -2.62. The van der Waals surface area contributed by atoms with Crippen molar-refractivity contribution in [2.75, 3.05) is 13.1 Å². The smallest absolute Gasteiger partial charge is 0.309 e. The molecular formula is C14H21F2NO3. The van der Waals surface area contributed by atoms with Crippen LogP contribution < -0.4 is 0 Å². The van der Waals surface area contributed by atoms with Gasteiger partial charge in [0.25, 0.3) is 0 Å². The molecule has 1 saturated carbocycles. The number of carbonyl (C=O) groups excluding carboxylic acids is 1. The van der Waals surface area contributed by atoms with Crippen LogP contribution in [0.3, 0.4) is 0 Å². The molecular weight excluding hydrogens is 268 g/mol. The van der Waals surface area contributed by atoms with E-state index in [1.807, 2.05) is 0 Å². The van der Waals surface area contributed by atoms with Crippen LogP contribution in [0.2, 0.25) is 0 Å². The molecule has 1 heterocycles. The fraction of sp³-hybridized carbons (Fsp3) is 0.857. The highest BCUT2D eigenvalue weighted by molar-refractivity contribution is 5.80. The van der Waals surface area contributed by atoms with Crippen LogP contribution in [0.5, 0.6) is 0 Å². The molecule has 6 heteroatoms. The molecule has 1 saturated heterocycles. The second-order valence-electron chi connectivity index (χ2n) is 6.32. The lowest BCUT2D eigenvalue weighted by atomic mass is 9.79. The lowest BCUT2D eigenvalue weighted by Crippen LogP contribution is -2.47. The molecule has 0 aromatic rings. The summed E-state index contributed by atoms with van der Waals surface area (Å²) in [5.41, 5.74) is -0.767. The third-order valence-electron chi connectivity index (χ3n) is 4.76. The monoisotopic (exact) mass is 289 g/mol. The van der Waals surface area contributed by atoms with E-state index in [0.29, 0.717) is 25.9 Å². The van der Waals surface area contributed by atoms with Crippen molar-refractivity contribution in [3.8, 4) is 0 Å². The second kappa shape index (κ2) is 5.30. The zero-order valence-electron chi connectivity index (χ0n) is 11.7. The van der Waals surface area contributed by atoms with Gasteiger partial charge in [0.05, 0.1) is 5.41 Å². The molecule has 20 heavy (non-hydrogen) atoms. The number of carboxylic acids is 1. The van der Waals surface area contributed by atoms with E-state index in [4.69, 9.17) is 5.11 Å². The number of aliphatic carboxylic acids is 1. The average Bonchev–Trinajstić information content (AvgIpc) is 2.38. The molecule has 114 valence electrons. The number of piperidine rings is 1. The van der Waals surface area contributed by atoms with E-state index in [2.05, 4.69) is 0 Å². The van der Waals surface area contributed by atoms with E-state index in [9.17, 15) is 18.4 Å². The van der Waals surface area contributed by atoms with Crippen molar-refractivity contribution < 1.29 is 23.5 Å². The maximum Gasteiger partial charge on any atom is 0.309 e. The van der Waals surface area contributed by atoms with Crippen LogP contribution in [-0.4, -0.2) is 40.9 Å². The summed E-state index contributed by atoms with van der Waals surface area (Å²) in [5, 5.41) is 9.14. The molecule has 0 radical (unpaired) electrons. The molecule has 1 aliphatic heterocycles. The Hall–Kier alpha value is -1.20. The first-order valence-electron chi connectivity index (χ1n) is 7.14. The van der Waals surface area contributed by atoms with Crippen molar-refractivity contribution >= 4 is 11.9 Å². The van der Waals surface area contributed by atoms with Gasteiger partial charge >= 0.3 is 5.97 Å². The Morgan fingerprint density at radius 1 is 1.10 bits per heavy atom. The number of hydrogen-bond acceptors (Lipinski definition) is 2. The van der Waals surface area contributed by atoms with Crippen LogP contribution in [0.15, 0.2) is 0 Å². The molecule has 2 rings (SSSR count). The van der Waals surface area contributed by atoms with Gasteiger partial charge < -0.3 is 10.0 Å². The van der Waals surface area contributed by atoms with Gasteiger partial charge in [-0.25, -0.2) is 8.78 Å².